The second-order valence-corrected chi connectivity index (χ2v) is 2.20. The van der Waals surface area contributed by atoms with Gasteiger partial charge in [0.15, 0.2) is 5.88 Å². The summed E-state index contributed by atoms with van der Waals surface area (Å²) in [6.45, 7) is 0. The number of pyridine rings is 1. The van der Waals surface area contributed by atoms with Gasteiger partial charge in [-0.05, 0) is 0 Å². The zero-order valence-corrected chi connectivity index (χ0v) is 6.22. The van der Waals surface area contributed by atoms with Gasteiger partial charge in [0.25, 0.3) is 0 Å². The zero-order valence-electron chi connectivity index (χ0n) is 6.22. The smallest absolute Gasteiger partial charge is 0.334 e. The summed E-state index contributed by atoms with van der Waals surface area (Å²) < 4.78 is 0.804. The van der Waals surface area contributed by atoms with Crippen LogP contribution in [0, 0.1) is 10.1 Å². The van der Waals surface area contributed by atoms with Gasteiger partial charge in [-0.2, -0.15) is 0 Å². The van der Waals surface area contributed by atoms with Crippen molar-refractivity contribution in [2.45, 2.75) is 0 Å². The normalized spacial score (nSPS) is 9.75. The molecule has 12 heavy (non-hydrogen) atoms. The Morgan fingerprint density at radius 1 is 1.58 bits per heavy atom. The van der Waals surface area contributed by atoms with E-state index < -0.39 is 16.2 Å². The number of hydrogen-bond acceptors (Lipinski definition) is 4. The summed E-state index contributed by atoms with van der Waals surface area (Å²) in [6.07, 6.45) is 0. The van der Waals surface area contributed by atoms with E-state index in [-0.39, 0.29) is 5.88 Å². The van der Waals surface area contributed by atoms with Crippen molar-refractivity contribution >= 4 is 5.69 Å². The average molecular weight is 170 g/mol. The van der Waals surface area contributed by atoms with Crippen molar-refractivity contribution in [2.24, 2.45) is 7.05 Å². The molecule has 0 saturated carbocycles. The van der Waals surface area contributed by atoms with Crippen LogP contribution in [0.4, 0.5) is 5.69 Å². The van der Waals surface area contributed by atoms with Gasteiger partial charge in [-0.15, -0.1) is 0 Å². The molecule has 0 atom stereocenters. The van der Waals surface area contributed by atoms with Crippen LogP contribution in [0.1, 0.15) is 0 Å². The van der Waals surface area contributed by atoms with Crippen molar-refractivity contribution in [1.82, 2.24) is 4.57 Å². The molecule has 0 saturated heterocycles. The lowest BCUT2D eigenvalue weighted by molar-refractivity contribution is -0.386. The minimum Gasteiger partial charge on any atom is -0.494 e. The van der Waals surface area contributed by atoms with E-state index in [9.17, 15) is 14.9 Å². The summed E-state index contributed by atoms with van der Waals surface area (Å²) in [5.74, 6) is -0.300. The number of rotatable bonds is 1. The van der Waals surface area contributed by atoms with E-state index >= 15 is 0 Å². The number of hydrogen-bond donors (Lipinski definition) is 1. The van der Waals surface area contributed by atoms with E-state index in [0.29, 0.717) is 0 Å². The molecule has 0 radical (unpaired) electrons. The molecular formula is C6H6N2O4. The maximum Gasteiger partial charge on any atom is 0.334 e. The molecule has 0 bridgehead atoms. The van der Waals surface area contributed by atoms with Crippen LogP contribution in [0.3, 0.4) is 0 Å². The Kier molecular flexibility index (Phi) is 1.82. The molecule has 1 N–H and O–H groups in total. The van der Waals surface area contributed by atoms with E-state index in [2.05, 4.69) is 0 Å². The first-order chi connectivity index (χ1) is 5.54. The van der Waals surface area contributed by atoms with Crippen LogP contribution in [-0.4, -0.2) is 14.6 Å². The number of nitro groups is 1. The van der Waals surface area contributed by atoms with Gasteiger partial charge in [-0.25, -0.2) is 0 Å². The Hall–Kier alpha value is -1.85. The average Bonchev–Trinajstić information content (AvgIpc) is 2.00. The van der Waals surface area contributed by atoms with E-state index in [1.807, 2.05) is 0 Å². The minimum atomic E-state index is -0.819. The van der Waals surface area contributed by atoms with Crippen molar-refractivity contribution in [3.63, 3.8) is 0 Å². The summed E-state index contributed by atoms with van der Waals surface area (Å²) in [6, 6.07) is 2.07. The van der Waals surface area contributed by atoms with Crippen LogP contribution in [0.25, 0.3) is 0 Å². The maximum absolute atomic E-state index is 11.0. The van der Waals surface area contributed by atoms with Gasteiger partial charge in [0.05, 0.1) is 4.92 Å². The molecule has 1 aromatic heterocycles. The van der Waals surface area contributed by atoms with Crippen LogP contribution in [-0.2, 0) is 7.05 Å². The molecule has 64 valence electrons. The molecule has 1 rings (SSSR count). The molecule has 0 aliphatic rings. The molecule has 0 fully saturated rings. The van der Waals surface area contributed by atoms with Crippen molar-refractivity contribution in [3.05, 3.63) is 32.6 Å². The lowest BCUT2D eigenvalue weighted by atomic mass is 10.4. The van der Waals surface area contributed by atoms with E-state index in [1.165, 1.54) is 7.05 Å². The summed E-state index contributed by atoms with van der Waals surface area (Å²) in [5, 5.41) is 19.1. The fourth-order valence-corrected chi connectivity index (χ4v) is 0.751. The number of aromatic hydroxyl groups is 1. The molecular weight excluding hydrogens is 164 g/mol. The van der Waals surface area contributed by atoms with E-state index in [4.69, 9.17) is 5.11 Å². The van der Waals surface area contributed by atoms with Gasteiger partial charge in [0.1, 0.15) is 0 Å². The van der Waals surface area contributed by atoms with Gasteiger partial charge in [-0.3, -0.25) is 19.5 Å². The third kappa shape index (κ3) is 1.14. The van der Waals surface area contributed by atoms with Crippen LogP contribution in [0.15, 0.2) is 16.9 Å². The van der Waals surface area contributed by atoms with E-state index in [1.54, 1.807) is 0 Å². The molecule has 0 aromatic carbocycles. The fourth-order valence-electron chi connectivity index (χ4n) is 0.751. The lowest BCUT2D eigenvalue weighted by Gasteiger charge is -1.98. The highest BCUT2D eigenvalue weighted by atomic mass is 16.6. The topological polar surface area (TPSA) is 85.4 Å². The molecule has 0 aliphatic heterocycles. The van der Waals surface area contributed by atoms with Gasteiger partial charge in [-0.1, -0.05) is 0 Å². The van der Waals surface area contributed by atoms with Crippen molar-refractivity contribution < 1.29 is 10.0 Å². The molecule has 0 spiro atoms. The highest BCUT2D eigenvalue weighted by molar-refractivity contribution is 5.29. The first-order valence-corrected chi connectivity index (χ1v) is 3.07. The Bertz CT molecular complexity index is 382. The van der Waals surface area contributed by atoms with Crippen molar-refractivity contribution in [1.29, 1.82) is 0 Å². The molecule has 6 nitrogen and oxygen atoms in total. The Labute approximate surface area is 66.8 Å². The standard InChI is InChI=1S/C6H6N2O4/c1-7-5(9)3-2-4(6(7)10)8(11)12/h2-3,9H,1H3. The molecule has 0 unspecified atom stereocenters. The number of nitrogens with zero attached hydrogens (tertiary/aromatic N) is 2. The highest BCUT2D eigenvalue weighted by Crippen LogP contribution is 2.08. The van der Waals surface area contributed by atoms with Crippen LogP contribution in [0.2, 0.25) is 0 Å². The summed E-state index contributed by atoms with van der Waals surface area (Å²) >= 11 is 0. The van der Waals surface area contributed by atoms with Crippen molar-refractivity contribution in [2.75, 3.05) is 0 Å². The summed E-state index contributed by atoms with van der Waals surface area (Å²) in [7, 11) is 1.25. The number of aromatic nitrogens is 1. The Balaban J connectivity index is 3.47. The molecule has 1 heterocycles. The van der Waals surface area contributed by atoms with Gasteiger partial charge in [0.2, 0.25) is 0 Å². The first-order valence-electron chi connectivity index (χ1n) is 3.07. The first kappa shape index (κ1) is 8.25. The second kappa shape index (κ2) is 2.65. The Morgan fingerprint density at radius 2 is 2.17 bits per heavy atom. The predicted molar refractivity (Wildman–Crippen MR) is 40.0 cm³/mol. The third-order valence-electron chi connectivity index (χ3n) is 1.45. The predicted octanol–water partition coefficient (Wildman–Crippen LogP) is -0.000900. The maximum atomic E-state index is 11.0. The summed E-state index contributed by atoms with van der Waals surface area (Å²) in [4.78, 5) is 20.4. The van der Waals surface area contributed by atoms with Gasteiger partial charge in [0, 0.05) is 19.2 Å². The minimum absolute atomic E-state index is 0.300. The van der Waals surface area contributed by atoms with Crippen LogP contribution >= 0.6 is 0 Å². The Morgan fingerprint density at radius 3 is 2.67 bits per heavy atom. The summed E-state index contributed by atoms with van der Waals surface area (Å²) in [5.41, 5.74) is -1.37. The monoisotopic (exact) mass is 170 g/mol. The van der Waals surface area contributed by atoms with Gasteiger partial charge < -0.3 is 5.11 Å². The SMILES string of the molecule is Cn1c(O)ccc([N+](=O)[O-])c1=O. The third-order valence-corrected chi connectivity index (χ3v) is 1.45. The zero-order chi connectivity index (χ0) is 9.30. The van der Waals surface area contributed by atoms with E-state index in [0.717, 1.165) is 16.7 Å². The lowest BCUT2D eigenvalue weighted by Crippen LogP contribution is -2.18. The fraction of sp³-hybridized carbons (Fsp3) is 0.167. The second-order valence-electron chi connectivity index (χ2n) is 2.20. The molecule has 6 heteroatoms. The van der Waals surface area contributed by atoms with Crippen LogP contribution < -0.4 is 5.56 Å². The largest absolute Gasteiger partial charge is 0.494 e. The molecule has 0 aliphatic carbocycles. The van der Waals surface area contributed by atoms with Crippen molar-refractivity contribution in [3.8, 4) is 5.88 Å². The molecule has 1 aromatic rings. The molecule has 0 amide bonds. The van der Waals surface area contributed by atoms with Crippen LogP contribution in [0.5, 0.6) is 5.88 Å². The quantitative estimate of drug-likeness (QED) is 0.474. The highest BCUT2D eigenvalue weighted by Gasteiger charge is 2.13. The van der Waals surface area contributed by atoms with Gasteiger partial charge >= 0.3 is 11.2 Å².